The molecule has 0 radical (unpaired) electrons. The summed E-state index contributed by atoms with van der Waals surface area (Å²) in [6.07, 6.45) is 8.05. The average molecular weight is 239 g/mol. The highest BCUT2D eigenvalue weighted by Crippen LogP contribution is 2.34. The predicted molar refractivity (Wildman–Crippen MR) is 68.8 cm³/mol. The fourth-order valence-corrected chi connectivity index (χ4v) is 3.12. The first-order chi connectivity index (χ1) is 8.22. The first-order valence-electron chi connectivity index (χ1n) is 7.00. The van der Waals surface area contributed by atoms with Crippen LogP contribution in [0.5, 0.6) is 0 Å². The Morgan fingerprint density at radius 1 is 1.35 bits per heavy atom. The zero-order valence-electron chi connectivity index (χ0n) is 10.9. The van der Waals surface area contributed by atoms with E-state index in [-0.39, 0.29) is 11.6 Å². The maximum absolute atomic E-state index is 12.3. The quantitative estimate of drug-likeness (QED) is 0.786. The van der Waals surface area contributed by atoms with Gasteiger partial charge in [0.2, 0.25) is 0 Å². The largest absolute Gasteiger partial charge is 0.335 e. The van der Waals surface area contributed by atoms with Gasteiger partial charge in [-0.1, -0.05) is 12.8 Å². The maximum atomic E-state index is 12.3. The highest BCUT2D eigenvalue weighted by atomic mass is 16.2. The van der Waals surface area contributed by atoms with Gasteiger partial charge in [-0.15, -0.1) is 0 Å². The van der Waals surface area contributed by atoms with Gasteiger partial charge >= 0.3 is 6.03 Å². The third-order valence-electron chi connectivity index (χ3n) is 4.48. The Balaban J connectivity index is 2.00. The van der Waals surface area contributed by atoms with E-state index >= 15 is 0 Å². The monoisotopic (exact) mass is 239 g/mol. The molecule has 2 amide bonds. The molecule has 0 bridgehead atoms. The topological polar surface area (TPSA) is 58.4 Å². The van der Waals surface area contributed by atoms with Crippen molar-refractivity contribution in [2.24, 2.45) is 5.73 Å². The minimum absolute atomic E-state index is 0.0669. The van der Waals surface area contributed by atoms with Gasteiger partial charge in [0.05, 0.1) is 5.54 Å². The summed E-state index contributed by atoms with van der Waals surface area (Å²) in [6.45, 7) is 3.41. The molecule has 0 atom stereocenters. The summed E-state index contributed by atoms with van der Waals surface area (Å²) in [4.78, 5) is 14.3. The molecule has 0 heterocycles. The molecule has 98 valence electrons. The van der Waals surface area contributed by atoms with Crippen molar-refractivity contribution in [3.8, 4) is 0 Å². The number of amides is 2. The van der Waals surface area contributed by atoms with Gasteiger partial charge in [-0.3, -0.25) is 0 Å². The second-order valence-electron chi connectivity index (χ2n) is 5.46. The van der Waals surface area contributed by atoms with E-state index in [1.165, 1.54) is 19.3 Å². The summed E-state index contributed by atoms with van der Waals surface area (Å²) in [5, 5.41) is 3.13. The Morgan fingerprint density at radius 2 is 2.00 bits per heavy atom. The van der Waals surface area contributed by atoms with Crippen LogP contribution in [-0.4, -0.2) is 35.6 Å². The third kappa shape index (κ3) is 2.41. The highest BCUT2D eigenvalue weighted by molar-refractivity contribution is 5.75. The number of urea groups is 1. The summed E-state index contributed by atoms with van der Waals surface area (Å²) in [7, 11) is 0. The molecule has 4 heteroatoms. The Hall–Kier alpha value is -0.770. The predicted octanol–water partition coefficient (Wildman–Crippen LogP) is 1.84. The summed E-state index contributed by atoms with van der Waals surface area (Å²) in [6, 6.07) is 0.511. The van der Waals surface area contributed by atoms with Crippen molar-refractivity contribution in [1.82, 2.24) is 10.2 Å². The van der Waals surface area contributed by atoms with Crippen LogP contribution in [0.1, 0.15) is 51.9 Å². The van der Waals surface area contributed by atoms with E-state index in [4.69, 9.17) is 5.73 Å². The van der Waals surface area contributed by atoms with Gasteiger partial charge in [0.25, 0.3) is 0 Å². The summed E-state index contributed by atoms with van der Waals surface area (Å²) < 4.78 is 0. The molecule has 2 saturated carbocycles. The van der Waals surface area contributed by atoms with Crippen LogP contribution in [0.15, 0.2) is 0 Å². The molecule has 0 saturated heterocycles. The molecule has 0 aromatic heterocycles. The van der Waals surface area contributed by atoms with Crippen molar-refractivity contribution in [2.75, 3.05) is 13.1 Å². The minimum atomic E-state index is -0.0669. The molecule has 2 aliphatic rings. The summed E-state index contributed by atoms with van der Waals surface area (Å²) >= 11 is 0. The molecule has 2 aliphatic carbocycles. The van der Waals surface area contributed by atoms with E-state index < -0.39 is 0 Å². The van der Waals surface area contributed by atoms with Crippen molar-refractivity contribution >= 4 is 6.03 Å². The van der Waals surface area contributed by atoms with Gasteiger partial charge < -0.3 is 16.0 Å². The standard InChI is InChI=1S/C13H25N3O/c1-2-16(12(17)15-11-6-5-7-11)13(10-14)8-3-4-9-13/h11H,2-10,14H2,1H3,(H,15,17). The molecule has 0 aromatic carbocycles. The average Bonchev–Trinajstić information content (AvgIpc) is 2.74. The lowest BCUT2D eigenvalue weighted by atomic mass is 9.92. The number of carbonyl (C=O) groups excluding carboxylic acids is 1. The number of nitrogens with one attached hydrogen (secondary N) is 1. The van der Waals surface area contributed by atoms with Crippen molar-refractivity contribution in [1.29, 1.82) is 0 Å². The van der Waals surface area contributed by atoms with Gasteiger partial charge in [0.15, 0.2) is 0 Å². The van der Waals surface area contributed by atoms with Crippen molar-refractivity contribution in [3.63, 3.8) is 0 Å². The lowest BCUT2D eigenvalue weighted by Gasteiger charge is -2.41. The van der Waals surface area contributed by atoms with Crippen LogP contribution in [0, 0.1) is 0 Å². The lowest BCUT2D eigenvalue weighted by molar-refractivity contribution is 0.118. The Kier molecular flexibility index (Phi) is 3.92. The molecule has 17 heavy (non-hydrogen) atoms. The van der Waals surface area contributed by atoms with Gasteiger partial charge in [-0.2, -0.15) is 0 Å². The van der Waals surface area contributed by atoms with Crippen molar-refractivity contribution < 1.29 is 4.79 Å². The maximum Gasteiger partial charge on any atom is 0.318 e. The molecule has 0 aromatic rings. The van der Waals surface area contributed by atoms with Crippen LogP contribution in [0.2, 0.25) is 0 Å². The zero-order chi connectivity index (χ0) is 12.3. The van der Waals surface area contributed by atoms with Crippen molar-refractivity contribution in [2.45, 2.75) is 63.5 Å². The SMILES string of the molecule is CCN(C(=O)NC1CCC1)C1(CN)CCCC1. The Labute approximate surface area is 104 Å². The first-order valence-corrected chi connectivity index (χ1v) is 7.00. The highest BCUT2D eigenvalue weighted by Gasteiger charge is 2.40. The summed E-state index contributed by atoms with van der Waals surface area (Å²) in [5.41, 5.74) is 5.87. The fourth-order valence-electron chi connectivity index (χ4n) is 3.12. The molecule has 0 unspecified atom stereocenters. The number of nitrogens with two attached hydrogens (primary N) is 1. The van der Waals surface area contributed by atoms with E-state index in [2.05, 4.69) is 12.2 Å². The van der Waals surface area contributed by atoms with Crippen LogP contribution in [0.3, 0.4) is 0 Å². The van der Waals surface area contributed by atoms with Crippen LogP contribution >= 0.6 is 0 Å². The van der Waals surface area contributed by atoms with Gasteiger partial charge in [-0.25, -0.2) is 4.79 Å². The molecule has 2 rings (SSSR count). The van der Waals surface area contributed by atoms with Crippen LogP contribution < -0.4 is 11.1 Å². The number of carbonyl (C=O) groups is 1. The molecule has 0 aliphatic heterocycles. The van der Waals surface area contributed by atoms with Gasteiger partial charge in [-0.05, 0) is 39.0 Å². The number of hydrogen-bond donors (Lipinski definition) is 2. The van der Waals surface area contributed by atoms with E-state index in [1.54, 1.807) is 0 Å². The zero-order valence-corrected chi connectivity index (χ0v) is 10.9. The summed E-state index contributed by atoms with van der Waals surface area (Å²) in [5.74, 6) is 0. The normalized spacial score (nSPS) is 23.2. The van der Waals surface area contributed by atoms with Crippen LogP contribution in [0.25, 0.3) is 0 Å². The number of likely N-dealkylation sites (N-methyl/N-ethyl adjacent to an activating group) is 1. The van der Waals surface area contributed by atoms with Crippen molar-refractivity contribution in [3.05, 3.63) is 0 Å². The lowest BCUT2D eigenvalue weighted by Crippen LogP contribution is -2.59. The number of hydrogen-bond acceptors (Lipinski definition) is 2. The minimum Gasteiger partial charge on any atom is -0.335 e. The molecular weight excluding hydrogens is 214 g/mol. The van der Waals surface area contributed by atoms with E-state index in [0.717, 1.165) is 32.2 Å². The second kappa shape index (κ2) is 5.25. The molecule has 3 N–H and O–H groups in total. The Morgan fingerprint density at radius 3 is 2.41 bits per heavy atom. The fraction of sp³-hybridized carbons (Fsp3) is 0.923. The van der Waals surface area contributed by atoms with Gasteiger partial charge in [0, 0.05) is 19.1 Å². The van der Waals surface area contributed by atoms with E-state index in [0.29, 0.717) is 12.6 Å². The van der Waals surface area contributed by atoms with E-state index in [9.17, 15) is 4.79 Å². The molecule has 0 spiro atoms. The van der Waals surface area contributed by atoms with E-state index in [1.807, 2.05) is 4.90 Å². The molecule has 4 nitrogen and oxygen atoms in total. The Bertz CT molecular complexity index is 270. The van der Waals surface area contributed by atoms with Crippen LogP contribution in [-0.2, 0) is 0 Å². The van der Waals surface area contributed by atoms with Gasteiger partial charge in [0.1, 0.15) is 0 Å². The smallest absolute Gasteiger partial charge is 0.318 e. The third-order valence-corrected chi connectivity index (χ3v) is 4.48. The second-order valence-corrected chi connectivity index (χ2v) is 5.46. The number of nitrogens with zero attached hydrogens (tertiary/aromatic N) is 1. The molecular formula is C13H25N3O. The van der Waals surface area contributed by atoms with Crippen LogP contribution in [0.4, 0.5) is 4.79 Å². The molecule has 2 fully saturated rings. The first kappa shape index (κ1) is 12.7. The number of rotatable bonds is 4.